The number of benzene rings is 1. The number of rotatable bonds is 2. The van der Waals surface area contributed by atoms with Crippen LogP contribution in [0.1, 0.15) is 18.9 Å². The summed E-state index contributed by atoms with van der Waals surface area (Å²) in [5.74, 6) is 6.56. The first-order valence-corrected chi connectivity index (χ1v) is 6.41. The van der Waals surface area contributed by atoms with Gasteiger partial charge in [0.05, 0.1) is 15.6 Å². The molecule has 0 aliphatic heterocycles. The van der Waals surface area contributed by atoms with E-state index in [4.69, 9.17) is 23.2 Å². The van der Waals surface area contributed by atoms with Gasteiger partial charge in [-0.05, 0) is 12.1 Å². The Labute approximate surface area is 110 Å². The lowest BCUT2D eigenvalue weighted by atomic mass is 10.2. The SMILES string of the molecule is CC(=O)SCCC#Cc1c(Cl)cccc1Cl. The van der Waals surface area contributed by atoms with Crippen molar-refractivity contribution in [2.75, 3.05) is 5.75 Å². The van der Waals surface area contributed by atoms with Crippen molar-refractivity contribution >= 4 is 40.1 Å². The van der Waals surface area contributed by atoms with E-state index in [1.165, 1.54) is 11.8 Å². The van der Waals surface area contributed by atoms with Crippen molar-refractivity contribution < 1.29 is 4.79 Å². The molecule has 0 aromatic heterocycles. The predicted octanol–water partition coefficient (Wildman–Crippen LogP) is 4.01. The van der Waals surface area contributed by atoms with E-state index in [2.05, 4.69) is 11.8 Å². The van der Waals surface area contributed by atoms with Gasteiger partial charge in [0, 0.05) is 19.1 Å². The Morgan fingerprint density at radius 1 is 1.38 bits per heavy atom. The molecule has 0 radical (unpaired) electrons. The van der Waals surface area contributed by atoms with Crippen molar-refractivity contribution in [1.29, 1.82) is 0 Å². The molecule has 0 aliphatic carbocycles. The number of carbonyl (C=O) groups excluding carboxylic acids is 1. The van der Waals surface area contributed by atoms with Gasteiger partial charge in [0.25, 0.3) is 0 Å². The average Bonchev–Trinajstić information content (AvgIpc) is 2.21. The highest BCUT2D eigenvalue weighted by molar-refractivity contribution is 8.13. The van der Waals surface area contributed by atoms with Crippen LogP contribution in [0.5, 0.6) is 0 Å². The van der Waals surface area contributed by atoms with Crippen LogP contribution in [0.2, 0.25) is 10.0 Å². The van der Waals surface area contributed by atoms with E-state index < -0.39 is 0 Å². The summed E-state index contributed by atoms with van der Waals surface area (Å²) >= 11 is 13.2. The van der Waals surface area contributed by atoms with Gasteiger partial charge in [-0.2, -0.15) is 0 Å². The fourth-order valence-corrected chi connectivity index (χ4v) is 2.00. The Balaban J connectivity index is 2.60. The molecule has 1 aromatic rings. The van der Waals surface area contributed by atoms with Gasteiger partial charge in [-0.1, -0.05) is 52.9 Å². The quantitative estimate of drug-likeness (QED) is 0.598. The highest BCUT2D eigenvalue weighted by Gasteiger charge is 2.00. The predicted molar refractivity (Wildman–Crippen MR) is 71.1 cm³/mol. The molecule has 16 heavy (non-hydrogen) atoms. The summed E-state index contributed by atoms with van der Waals surface area (Å²) in [4.78, 5) is 10.7. The Morgan fingerprint density at radius 2 is 2.00 bits per heavy atom. The molecule has 0 aliphatic rings. The fraction of sp³-hybridized carbons (Fsp3) is 0.250. The van der Waals surface area contributed by atoms with Crippen LogP contribution in [0.3, 0.4) is 0 Å². The van der Waals surface area contributed by atoms with E-state index in [0.29, 0.717) is 27.8 Å². The Kier molecular flexibility index (Phi) is 5.76. The van der Waals surface area contributed by atoms with Crippen LogP contribution in [0.25, 0.3) is 0 Å². The van der Waals surface area contributed by atoms with Gasteiger partial charge in [-0.15, -0.1) is 0 Å². The molecular weight excluding hydrogens is 263 g/mol. The summed E-state index contributed by atoms with van der Waals surface area (Å²) in [6.45, 7) is 1.54. The van der Waals surface area contributed by atoms with Crippen molar-refractivity contribution in [2.45, 2.75) is 13.3 Å². The van der Waals surface area contributed by atoms with Gasteiger partial charge in [0.2, 0.25) is 0 Å². The molecule has 0 atom stereocenters. The van der Waals surface area contributed by atoms with E-state index in [0.717, 1.165) is 0 Å². The van der Waals surface area contributed by atoms with Crippen LogP contribution >= 0.6 is 35.0 Å². The molecule has 1 rings (SSSR count). The molecule has 0 saturated carbocycles. The maximum atomic E-state index is 10.7. The maximum absolute atomic E-state index is 10.7. The third-order valence-electron chi connectivity index (χ3n) is 1.71. The van der Waals surface area contributed by atoms with E-state index in [1.807, 2.05) is 0 Å². The van der Waals surface area contributed by atoms with Crippen LogP contribution in [0.15, 0.2) is 18.2 Å². The smallest absolute Gasteiger partial charge is 0.185 e. The van der Waals surface area contributed by atoms with Gasteiger partial charge in [0.15, 0.2) is 5.12 Å². The molecule has 4 heteroatoms. The molecule has 0 amide bonds. The van der Waals surface area contributed by atoms with Gasteiger partial charge in [-0.3, -0.25) is 4.79 Å². The lowest BCUT2D eigenvalue weighted by Gasteiger charge is -1.97. The van der Waals surface area contributed by atoms with Gasteiger partial charge in [0.1, 0.15) is 0 Å². The van der Waals surface area contributed by atoms with Crippen LogP contribution in [0.4, 0.5) is 0 Å². The Bertz CT molecular complexity index is 426. The largest absolute Gasteiger partial charge is 0.288 e. The molecule has 0 fully saturated rings. The Morgan fingerprint density at radius 3 is 2.56 bits per heavy atom. The zero-order valence-corrected chi connectivity index (χ0v) is 11.0. The monoisotopic (exact) mass is 272 g/mol. The molecule has 0 N–H and O–H groups in total. The van der Waals surface area contributed by atoms with E-state index in [1.54, 1.807) is 25.1 Å². The van der Waals surface area contributed by atoms with Crippen molar-refractivity contribution in [2.24, 2.45) is 0 Å². The molecule has 84 valence electrons. The minimum atomic E-state index is 0.109. The third kappa shape index (κ3) is 4.49. The van der Waals surface area contributed by atoms with Crippen molar-refractivity contribution in [3.8, 4) is 11.8 Å². The second-order valence-corrected chi connectivity index (χ2v) is 5.07. The first-order chi connectivity index (χ1) is 7.61. The zero-order chi connectivity index (χ0) is 12.0. The van der Waals surface area contributed by atoms with Crippen molar-refractivity contribution in [3.05, 3.63) is 33.8 Å². The van der Waals surface area contributed by atoms with Crippen LogP contribution in [-0.4, -0.2) is 10.9 Å². The lowest BCUT2D eigenvalue weighted by molar-refractivity contribution is -0.109. The first-order valence-electron chi connectivity index (χ1n) is 4.67. The maximum Gasteiger partial charge on any atom is 0.185 e. The number of hydrogen-bond acceptors (Lipinski definition) is 2. The van der Waals surface area contributed by atoms with Crippen LogP contribution < -0.4 is 0 Å². The van der Waals surface area contributed by atoms with Gasteiger partial charge < -0.3 is 0 Å². The molecule has 0 saturated heterocycles. The normalized spacial score (nSPS) is 9.44. The minimum Gasteiger partial charge on any atom is -0.288 e. The highest BCUT2D eigenvalue weighted by atomic mass is 35.5. The second kappa shape index (κ2) is 6.85. The minimum absolute atomic E-state index is 0.109. The summed E-state index contributed by atoms with van der Waals surface area (Å²) < 4.78 is 0. The molecule has 1 aromatic carbocycles. The molecule has 0 bridgehead atoms. The number of halogens is 2. The summed E-state index contributed by atoms with van der Waals surface area (Å²) in [6, 6.07) is 5.28. The molecule has 0 spiro atoms. The standard InChI is InChI=1S/C12H10Cl2OS/c1-9(15)16-8-3-2-5-10-11(13)6-4-7-12(10)14/h4,6-7H,3,8H2,1H3. The number of carbonyl (C=O) groups is 1. The summed E-state index contributed by atoms with van der Waals surface area (Å²) in [6.07, 6.45) is 0.645. The third-order valence-corrected chi connectivity index (χ3v) is 3.15. The van der Waals surface area contributed by atoms with E-state index in [-0.39, 0.29) is 5.12 Å². The zero-order valence-electron chi connectivity index (χ0n) is 8.72. The van der Waals surface area contributed by atoms with E-state index >= 15 is 0 Å². The molecule has 1 nitrogen and oxygen atoms in total. The Hall–Kier alpha value is -0.620. The first kappa shape index (κ1) is 13.4. The van der Waals surface area contributed by atoms with Gasteiger partial charge >= 0.3 is 0 Å². The molecule has 0 heterocycles. The molecule has 0 unspecified atom stereocenters. The number of hydrogen-bond donors (Lipinski definition) is 0. The summed E-state index contributed by atoms with van der Waals surface area (Å²) in [5, 5.41) is 1.22. The van der Waals surface area contributed by atoms with Crippen LogP contribution in [-0.2, 0) is 4.79 Å². The van der Waals surface area contributed by atoms with Crippen molar-refractivity contribution in [1.82, 2.24) is 0 Å². The van der Waals surface area contributed by atoms with E-state index in [9.17, 15) is 4.79 Å². The molecular formula is C12H10Cl2OS. The fourth-order valence-electron chi connectivity index (χ4n) is 1.01. The average molecular weight is 273 g/mol. The van der Waals surface area contributed by atoms with Gasteiger partial charge in [-0.25, -0.2) is 0 Å². The number of thioether (sulfide) groups is 1. The summed E-state index contributed by atoms with van der Waals surface area (Å²) in [7, 11) is 0. The summed E-state index contributed by atoms with van der Waals surface area (Å²) in [5.41, 5.74) is 0.652. The van der Waals surface area contributed by atoms with Crippen molar-refractivity contribution in [3.63, 3.8) is 0 Å². The topological polar surface area (TPSA) is 17.1 Å². The van der Waals surface area contributed by atoms with Crippen LogP contribution in [0, 0.1) is 11.8 Å². The lowest BCUT2D eigenvalue weighted by Crippen LogP contribution is -1.84. The highest BCUT2D eigenvalue weighted by Crippen LogP contribution is 2.22. The second-order valence-electron chi connectivity index (χ2n) is 2.99.